The second-order valence-electron chi connectivity index (χ2n) is 10.3. The van der Waals surface area contributed by atoms with Gasteiger partial charge in [-0.15, -0.1) is 0 Å². The zero-order valence-electron chi connectivity index (χ0n) is 25.2. The molecule has 0 saturated carbocycles. The highest BCUT2D eigenvalue weighted by Gasteiger charge is 2.34. The summed E-state index contributed by atoms with van der Waals surface area (Å²) in [5, 5.41) is 0.560. The summed E-state index contributed by atoms with van der Waals surface area (Å²) in [5.74, 6) is 0.580. The standard InChI is InChI=1S/C32H35ClN4O6S/c1-5-35(6-2)31(40)28-20(3)34-32-37(29(28)22-8-10-23(33)11-9-22)30(39)26(44-32)18-21-7-12-24(25(17-21)41-4)43-19-27(38)36-13-15-42-16-14-36/h7-12,17-18,29H,5-6,13-16,19H2,1-4H3/b26-18-/t29-/m0/s1. The number of hydrogen-bond donors (Lipinski definition) is 0. The summed E-state index contributed by atoms with van der Waals surface area (Å²) in [6, 6.07) is 11.8. The minimum absolute atomic E-state index is 0.118. The number of halogens is 1. The molecule has 5 rings (SSSR count). The van der Waals surface area contributed by atoms with Crippen molar-refractivity contribution in [3.05, 3.63) is 89.6 Å². The maximum atomic E-state index is 14.0. The first-order valence-electron chi connectivity index (χ1n) is 14.5. The lowest BCUT2D eigenvalue weighted by Crippen LogP contribution is -2.43. The van der Waals surface area contributed by atoms with Crippen LogP contribution in [-0.2, 0) is 14.3 Å². The second kappa shape index (κ2) is 13.8. The Morgan fingerprint density at radius 1 is 1.11 bits per heavy atom. The molecule has 0 N–H and O–H groups in total. The highest BCUT2D eigenvalue weighted by molar-refractivity contribution is 7.07. The highest BCUT2D eigenvalue weighted by Crippen LogP contribution is 2.32. The van der Waals surface area contributed by atoms with Crippen LogP contribution >= 0.6 is 22.9 Å². The van der Waals surface area contributed by atoms with Crippen LogP contribution < -0.4 is 24.4 Å². The molecule has 1 atom stereocenters. The Morgan fingerprint density at radius 3 is 2.48 bits per heavy atom. The molecular weight excluding hydrogens is 604 g/mol. The van der Waals surface area contributed by atoms with E-state index in [0.717, 1.165) is 5.56 Å². The van der Waals surface area contributed by atoms with Gasteiger partial charge in [0.1, 0.15) is 0 Å². The maximum Gasteiger partial charge on any atom is 0.271 e. The van der Waals surface area contributed by atoms with Crippen molar-refractivity contribution in [2.24, 2.45) is 4.99 Å². The first kappa shape index (κ1) is 31.5. The number of amides is 2. The third-order valence-electron chi connectivity index (χ3n) is 7.69. The molecule has 2 amide bonds. The summed E-state index contributed by atoms with van der Waals surface area (Å²) in [5.41, 5.74) is 2.24. The van der Waals surface area contributed by atoms with E-state index in [0.29, 0.717) is 82.1 Å². The van der Waals surface area contributed by atoms with E-state index in [1.165, 1.54) is 18.4 Å². The SMILES string of the molecule is CCN(CC)C(=O)C1=C(C)N=c2s/c(=C\c3ccc(OCC(=O)N4CCOCC4)c(OC)c3)c(=O)n2[C@H]1c1ccc(Cl)cc1. The van der Waals surface area contributed by atoms with Gasteiger partial charge >= 0.3 is 0 Å². The average molecular weight is 639 g/mol. The molecule has 0 aliphatic carbocycles. The molecule has 1 aromatic heterocycles. The molecule has 232 valence electrons. The van der Waals surface area contributed by atoms with Crippen LogP contribution in [0.15, 0.2) is 63.5 Å². The van der Waals surface area contributed by atoms with Crippen LogP contribution in [0.5, 0.6) is 11.5 Å². The minimum atomic E-state index is -0.659. The van der Waals surface area contributed by atoms with Crippen molar-refractivity contribution in [3.8, 4) is 11.5 Å². The number of likely N-dealkylation sites (N-methyl/N-ethyl adjacent to an activating group) is 1. The Labute approximate surface area is 264 Å². The summed E-state index contributed by atoms with van der Waals surface area (Å²) in [6.45, 7) is 8.73. The molecule has 1 saturated heterocycles. The van der Waals surface area contributed by atoms with Crippen molar-refractivity contribution in [2.45, 2.75) is 26.8 Å². The van der Waals surface area contributed by atoms with Crippen LogP contribution in [-0.4, -0.2) is 79.3 Å². The molecule has 2 aliphatic rings. The van der Waals surface area contributed by atoms with Crippen molar-refractivity contribution in [2.75, 3.05) is 53.1 Å². The van der Waals surface area contributed by atoms with E-state index in [4.69, 9.17) is 30.8 Å². The summed E-state index contributed by atoms with van der Waals surface area (Å²) in [6.07, 6.45) is 1.76. The van der Waals surface area contributed by atoms with E-state index in [-0.39, 0.29) is 24.0 Å². The molecule has 10 nitrogen and oxygen atoms in total. The number of fused-ring (bicyclic) bond motifs is 1. The maximum absolute atomic E-state index is 14.0. The highest BCUT2D eigenvalue weighted by atomic mass is 35.5. The lowest BCUT2D eigenvalue weighted by atomic mass is 9.94. The summed E-state index contributed by atoms with van der Waals surface area (Å²) in [4.78, 5) is 48.9. The third-order valence-corrected chi connectivity index (χ3v) is 8.92. The molecule has 2 aliphatic heterocycles. The number of aromatic nitrogens is 1. The van der Waals surface area contributed by atoms with Gasteiger partial charge in [0.25, 0.3) is 17.4 Å². The monoisotopic (exact) mass is 638 g/mol. The van der Waals surface area contributed by atoms with Crippen molar-refractivity contribution in [1.29, 1.82) is 0 Å². The Kier molecular flexibility index (Phi) is 9.87. The first-order valence-corrected chi connectivity index (χ1v) is 15.7. The normalized spacial score (nSPS) is 16.8. The lowest BCUT2D eigenvalue weighted by molar-refractivity contribution is -0.137. The number of thiazole rings is 1. The fourth-order valence-corrected chi connectivity index (χ4v) is 6.50. The fraction of sp³-hybridized carbons (Fsp3) is 0.375. The van der Waals surface area contributed by atoms with Crippen LogP contribution in [0, 0.1) is 0 Å². The van der Waals surface area contributed by atoms with Gasteiger partial charge in [-0.3, -0.25) is 19.0 Å². The van der Waals surface area contributed by atoms with E-state index in [2.05, 4.69) is 0 Å². The molecule has 1 fully saturated rings. The van der Waals surface area contributed by atoms with Gasteiger partial charge in [-0.1, -0.05) is 41.1 Å². The van der Waals surface area contributed by atoms with Gasteiger partial charge < -0.3 is 24.0 Å². The Hall–Kier alpha value is -3.93. The third kappa shape index (κ3) is 6.45. The largest absolute Gasteiger partial charge is 0.493 e. The van der Waals surface area contributed by atoms with Crippen molar-refractivity contribution in [1.82, 2.24) is 14.4 Å². The van der Waals surface area contributed by atoms with Gasteiger partial charge in [0.2, 0.25) is 0 Å². The topological polar surface area (TPSA) is 103 Å². The summed E-state index contributed by atoms with van der Waals surface area (Å²) >= 11 is 7.44. The van der Waals surface area contributed by atoms with Crippen LogP contribution in [0.1, 0.15) is 37.9 Å². The van der Waals surface area contributed by atoms with Gasteiger partial charge in [-0.2, -0.15) is 0 Å². The quantitative estimate of drug-likeness (QED) is 0.357. The number of allylic oxidation sites excluding steroid dienone is 1. The number of methoxy groups -OCH3 is 1. The van der Waals surface area contributed by atoms with Crippen LogP contribution in [0.2, 0.25) is 5.02 Å². The second-order valence-corrected chi connectivity index (χ2v) is 11.7. The predicted molar refractivity (Wildman–Crippen MR) is 169 cm³/mol. The predicted octanol–water partition coefficient (Wildman–Crippen LogP) is 3.00. The van der Waals surface area contributed by atoms with E-state index in [1.54, 1.807) is 50.8 Å². The number of carbonyl (C=O) groups excluding carboxylic acids is 2. The molecular formula is C32H35ClN4O6S. The van der Waals surface area contributed by atoms with Gasteiger partial charge in [0, 0.05) is 31.2 Å². The van der Waals surface area contributed by atoms with E-state index in [9.17, 15) is 14.4 Å². The molecule has 3 aromatic rings. The van der Waals surface area contributed by atoms with Gasteiger partial charge in [-0.05, 0) is 62.2 Å². The molecule has 2 aromatic carbocycles. The fourth-order valence-electron chi connectivity index (χ4n) is 5.32. The van der Waals surface area contributed by atoms with E-state index < -0.39 is 6.04 Å². The van der Waals surface area contributed by atoms with E-state index >= 15 is 0 Å². The lowest BCUT2D eigenvalue weighted by Gasteiger charge is -2.29. The summed E-state index contributed by atoms with van der Waals surface area (Å²) in [7, 11) is 1.52. The number of morpholine rings is 1. The number of rotatable bonds is 9. The molecule has 0 spiro atoms. The molecule has 0 radical (unpaired) electrons. The van der Waals surface area contributed by atoms with Crippen molar-refractivity contribution < 1.29 is 23.8 Å². The Morgan fingerprint density at radius 2 is 1.82 bits per heavy atom. The zero-order valence-corrected chi connectivity index (χ0v) is 26.7. The van der Waals surface area contributed by atoms with Crippen LogP contribution in [0.4, 0.5) is 0 Å². The molecule has 44 heavy (non-hydrogen) atoms. The van der Waals surface area contributed by atoms with Gasteiger partial charge in [0.05, 0.1) is 42.2 Å². The minimum Gasteiger partial charge on any atom is -0.493 e. The number of benzene rings is 2. The van der Waals surface area contributed by atoms with Gasteiger partial charge in [-0.25, -0.2) is 4.99 Å². The van der Waals surface area contributed by atoms with Crippen molar-refractivity contribution >= 4 is 40.8 Å². The first-order chi connectivity index (χ1) is 21.2. The Bertz CT molecular complexity index is 1750. The van der Waals surface area contributed by atoms with Crippen LogP contribution in [0.25, 0.3) is 6.08 Å². The number of carbonyl (C=O) groups is 2. The average Bonchev–Trinajstić information content (AvgIpc) is 3.34. The molecule has 0 unspecified atom stereocenters. The summed E-state index contributed by atoms with van der Waals surface area (Å²) < 4.78 is 18.7. The number of ether oxygens (including phenoxy) is 3. The molecule has 3 heterocycles. The van der Waals surface area contributed by atoms with Gasteiger partial charge in [0.15, 0.2) is 22.9 Å². The smallest absolute Gasteiger partial charge is 0.271 e. The number of nitrogens with zero attached hydrogens (tertiary/aromatic N) is 4. The Balaban J connectivity index is 1.50. The van der Waals surface area contributed by atoms with E-state index in [1.807, 2.05) is 32.9 Å². The molecule has 12 heteroatoms. The van der Waals surface area contributed by atoms with Crippen LogP contribution in [0.3, 0.4) is 0 Å². The van der Waals surface area contributed by atoms with Crippen molar-refractivity contribution in [3.63, 3.8) is 0 Å². The zero-order chi connectivity index (χ0) is 31.4. The number of hydrogen-bond acceptors (Lipinski definition) is 8. The molecule has 0 bridgehead atoms.